The summed E-state index contributed by atoms with van der Waals surface area (Å²) >= 11 is 0. The van der Waals surface area contributed by atoms with Gasteiger partial charge in [-0.25, -0.2) is 0 Å². The summed E-state index contributed by atoms with van der Waals surface area (Å²) in [4.78, 5) is 2.26. The van der Waals surface area contributed by atoms with Gasteiger partial charge in [0.05, 0.1) is 6.61 Å². The molecule has 0 aliphatic carbocycles. The van der Waals surface area contributed by atoms with Crippen molar-refractivity contribution in [3.63, 3.8) is 0 Å². The van der Waals surface area contributed by atoms with E-state index in [1.807, 2.05) is 0 Å². The lowest BCUT2D eigenvalue weighted by Crippen LogP contribution is -2.26. The van der Waals surface area contributed by atoms with Gasteiger partial charge in [-0.3, -0.25) is 4.90 Å². The molecule has 2 heterocycles. The van der Waals surface area contributed by atoms with Gasteiger partial charge in [0, 0.05) is 19.6 Å². The molecular formula is C5H10N2O. The van der Waals surface area contributed by atoms with Crippen molar-refractivity contribution in [1.29, 1.82) is 0 Å². The highest BCUT2D eigenvalue weighted by atomic mass is 16.5. The average molecular weight is 114 g/mol. The second-order valence-corrected chi connectivity index (χ2v) is 2.42. The van der Waals surface area contributed by atoms with Gasteiger partial charge >= 0.3 is 0 Å². The first-order chi connectivity index (χ1) is 3.87. The van der Waals surface area contributed by atoms with E-state index < -0.39 is 0 Å². The molecule has 0 bridgehead atoms. The standard InChI is InChI=1S/C5H10N2O/c6-3-5-4-7(5)1-2-8-5/h1-4,6H2. The van der Waals surface area contributed by atoms with Gasteiger partial charge in [-0.15, -0.1) is 0 Å². The van der Waals surface area contributed by atoms with Gasteiger partial charge in [-0.1, -0.05) is 0 Å². The van der Waals surface area contributed by atoms with Crippen molar-refractivity contribution in [2.75, 3.05) is 26.2 Å². The Balaban J connectivity index is 2.08. The van der Waals surface area contributed by atoms with Crippen LogP contribution in [0.15, 0.2) is 0 Å². The third-order valence-electron chi connectivity index (χ3n) is 1.96. The number of morpholine rings is 1. The van der Waals surface area contributed by atoms with Gasteiger partial charge in [0.15, 0.2) is 0 Å². The monoisotopic (exact) mass is 114 g/mol. The van der Waals surface area contributed by atoms with Crippen molar-refractivity contribution in [3.8, 4) is 0 Å². The van der Waals surface area contributed by atoms with Gasteiger partial charge in [0.2, 0.25) is 0 Å². The van der Waals surface area contributed by atoms with Crippen molar-refractivity contribution in [2.45, 2.75) is 5.72 Å². The average Bonchev–Trinajstić information content (AvgIpc) is 2.38. The van der Waals surface area contributed by atoms with Crippen molar-refractivity contribution in [1.82, 2.24) is 4.90 Å². The number of ether oxygens (including phenoxy) is 1. The molecule has 2 aliphatic rings. The van der Waals surface area contributed by atoms with Gasteiger partial charge in [-0.2, -0.15) is 0 Å². The SMILES string of the molecule is NCC12CN1CCO2. The van der Waals surface area contributed by atoms with E-state index in [9.17, 15) is 0 Å². The van der Waals surface area contributed by atoms with Crippen molar-refractivity contribution in [2.24, 2.45) is 5.73 Å². The molecule has 2 rings (SSSR count). The second kappa shape index (κ2) is 1.23. The first-order valence-electron chi connectivity index (χ1n) is 2.96. The van der Waals surface area contributed by atoms with Crippen LogP contribution in [0.2, 0.25) is 0 Å². The zero-order valence-corrected chi connectivity index (χ0v) is 4.76. The maximum Gasteiger partial charge on any atom is 0.147 e. The predicted molar refractivity (Wildman–Crippen MR) is 29.3 cm³/mol. The number of rotatable bonds is 1. The smallest absolute Gasteiger partial charge is 0.147 e. The number of fused-ring (bicyclic) bond motifs is 1. The van der Waals surface area contributed by atoms with E-state index >= 15 is 0 Å². The molecular weight excluding hydrogens is 104 g/mol. The molecule has 2 fully saturated rings. The summed E-state index contributed by atoms with van der Waals surface area (Å²) in [5, 5.41) is 0. The van der Waals surface area contributed by atoms with Gasteiger partial charge in [0.1, 0.15) is 5.72 Å². The minimum atomic E-state index is 0.0139. The molecule has 2 N–H and O–H groups in total. The number of nitrogens with zero attached hydrogens (tertiary/aromatic N) is 1. The van der Waals surface area contributed by atoms with E-state index in [1.54, 1.807) is 0 Å². The van der Waals surface area contributed by atoms with Crippen LogP contribution in [0.1, 0.15) is 0 Å². The zero-order chi connectivity index (χ0) is 5.61. The summed E-state index contributed by atoms with van der Waals surface area (Å²) in [6.45, 7) is 3.67. The maximum absolute atomic E-state index is 5.44. The molecule has 0 amide bonds. The van der Waals surface area contributed by atoms with Crippen LogP contribution in [0.3, 0.4) is 0 Å². The Hall–Kier alpha value is -0.120. The Morgan fingerprint density at radius 3 is 2.88 bits per heavy atom. The number of hydrogen-bond donors (Lipinski definition) is 1. The summed E-state index contributed by atoms with van der Waals surface area (Å²) < 4.78 is 5.36. The van der Waals surface area contributed by atoms with Crippen LogP contribution in [0.5, 0.6) is 0 Å². The highest BCUT2D eigenvalue weighted by molar-refractivity contribution is 5.03. The molecule has 3 nitrogen and oxygen atoms in total. The minimum Gasteiger partial charge on any atom is -0.356 e. The summed E-state index contributed by atoms with van der Waals surface area (Å²) in [7, 11) is 0. The molecule has 0 aromatic heterocycles. The Labute approximate surface area is 48.4 Å². The molecule has 2 aliphatic heterocycles. The van der Waals surface area contributed by atoms with Gasteiger partial charge in [0.25, 0.3) is 0 Å². The summed E-state index contributed by atoms with van der Waals surface area (Å²) in [5.74, 6) is 0. The molecule has 0 aromatic rings. The molecule has 2 saturated heterocycles. The molecule has 0 spiro atoms. The second-order valence-electron chi connectivity index (χ2n) is 2.42. The van der Waals surface area contributed by atoms with E-state index in [4.69, 9.17) is 10.5 Å². The lowest BCUT2D eigenvalue weighted by molar-refractivity contribution is 0.0682. The summed E-state index contributed by atoms with van der Waals surface area (Å²) in [6, 6.07) is 0. The van der Waals surface area contributed by atoms with E-state index in [1.165, 1.54) is 0 Å². The summed E-state index contributed by atoms with van der Waals surface area (Å²) in [5.41, 5.74) is 5.46. The van der Waals surface area contributed by atoms with Gasteiger partial charge < -0.3 is 10.5 Å². The van der Waals surface area contributed by atoms with E-state index in [0.29, 0.717) is 6.54 Å². The number of hydrogen-bond acceptors (Lipinski definition) is 3. The van der Waals surface area contributed by atoms with Crippen LogP contribution in [0, 0.1) is 0 Å². The first kappa shape index (κ1) is 4.73. The van der Waals surface area contributed by atoms with Gasteiger partial charge in [-0.05, 0) is 0 Å². The first-order valence-corrected chi connectivity index (χ1v) is 2.96. The fourth-order valence-corrected chi connectivity index (χ4v) is 1.28. The normalized spacial score (nSPS) is 51.4. The molecule has 2 atom stereocenters. The quantitative estimate of drug-likeness (QED) is 0.444. The Kier molecular flexibility index (Phi) is 0.730. The molecule has 0 saturated carbocycles. The molecule has 8 heavy (non-hydrogen) atoms. The van der Waals surface area contributed by atoms with Crippen molar-refractivity contribution >= 4 is 0 Å². The molecule has 2 unspecified atom stereocenters. The van der Waals surface area contributed by atoms with E-state index in [-0.39, 0.29) is 5.72 Å². The summed E-state index contributed by atoms with van der Waals surface area (Å²) in [6.07, 6.45) is 0. The van der Waals surface area contributed by atoms with E-state index in [2.05, 4.69) is 4.90 Å². The van der Waals surface area contributed by atoms with Crippen LogP contribution in [0.25, 0.3) is 0 Å². The Bertz CT molecular complexity index is 113. The van der Waals surface area contributed by atoms with Crippen LogP contribution in [-0.2, 0) is 4.74 Å². The highest BCUT2D eigenvalue weighted by Crippen LogP contribution is 2.36. The predicted octanol–water partition coefficient (Wildman–Crippen LogP) is -1.01. The fraction of sp³-hybridized carbons (Fsp3) is 1.00. The van der Waals surface area contributed by atoms with Crippen molar-refractivity contribution in [3.05, 3.63) is 0 Å². The maximum atomic E-state index is 5.44. The lowest BCUT2D eigenvalue weighted by Gasteiger charge is -2.04. The molecule has 3 heteroatoms. The van der Waals surface area contributed by atoms with Crippen molar-refractivity contribution < 1.29 is 4.74 Å². The van der Waals surface area contributed by atoms with E-state index in [0.717, 1.165) is 19.7 Å². The third-order valence-corrected chi connectivity index (χ3v) is 1.96. The molecule has 46 valence electrons. The Morgan fingerprint density at radius 2 is 2.62 bits per heavy atom. The third kappa shape index (κ3) is 0.393. The van der Waals surface area contributed by atoms with Crippen LogP contribution in [0.4, 0.5) is 0 Å². The molecule has 0 radical (unpaired) electrons. The largest absolute Gasteiger partial charge is 0.356 e. The van der Waals surface area contributed by atoms with Crippen LogP contribution < -0.4 is 5.73 Å². The topological polar surface area (TPSA) is 38.3 Å². The fourth-order valence-electron chi connectivity index (χ4n) is 1.28. The minimum absolute atomic E-state index is 0.0139. The van der Waals surface area contributed by atoms with Crippen LogP contribution >= 0.6 is 0 Å². The Morgan fingerprint density at radius 1 is 1.75 bits per heavy atom. The highest BCUT2D eigenvalue weighted by Gasteiger charge is 2.55. The zero-order valence-electron chi connectivity index (χ0n) is 4.76. The van der Waals surface area contributed by atoms with Crippen LogP contribution in [-0.4, -0.2) is 36.9 Å². The number of nitrogens with two attached hydrogens (primary N) is 1. The lowest BCUT2D eigenvalue weighted by atomic mass is 10.4. The molecule has 0 aromatic carbocycles.